The number of anilines is 1. The van der Waals surface area contributed by atoms with Crippen LogP contribution < -0.4 is 10.2 Å². The number of hydrazone groups is 1. The molecule has 0 saturated carbocycles. The maximum absolute atomic E-state index is 11.7. The van der Waals surface area contributed by atoms with Gasteiger partial charge in [-0.2, -0.15) is 5.10 Å². The maximum atomic E-state index is 11.7. The van der Waals surface area contributed by atoms with E-state index in [1.165, 1.54) is 18.3 Å². The van der Waals surface area contributed by atoms with E-state index in [4.69, 9.17) is 9.47 Å². The lowest BCUT2D eigenvalue weighted by molar-refractivity contribution is -0.384. The third-order valence-corrected chi connectivity index (χ3v) is 3.22. The first-order valence-corrected chi connectivity index (χ1v) is 7.44. The third kappa shape index (κ3) is 4.77. The van der Waals surface area contributed by atoms with E-state index in [9.17, 15) is 14.9 Å². The highest BCUT2D eigenvalue weighted by Gasteiger charge is 2.18. The molecule has 8 heteroatoms. The molecule has 0 spiro atoms. The zero-order valence-corrected chi connectivity index (χ0v) is 13.8. The van der Waals surface area contributed by atoms with E-state index in [0.717, 1.165) is 17.4 Å². The van der Waals surface area contributed by atoms with Crippen LogP contribution in [0.2, 0.25) is 0 Å². The van der Waals surface area contributed by atoms with Crippen LogP contribution >= 0.6 is 0 Å². The van der Waals surface area contributed by atoms with Gasteiger partial charge in [-0.05, 0) is 48.9 Å². The fourth-order valence-corrected chi connectivity index (χ4v) is 1.98. The second-order valence-electron chi connectivity index (χ2n) is 4.85. The SMILES string of the molecule is CCOC(=O)c1ccc(N/N=C\c2ccc(OC)cc2)c([N+](=O)[O-])c1. The molecule has 2 aromatic carbocycles. The molecule has 0 heterocycles. The molecule has 0 fully saturated rings. The van der Waals surface area contributed by atoms with E-state index in [0.29, 0.717) is 0 Å². The summed E-state index contributed by atoms with van der Waals surface area (Å²) < 4.78 is 9.90. The summed E-state index contributed by atoms with van der Waals surface area (Å²) in [6.07, 6.45) is 1.52. The van der Waals surface area contributed by atoms with Gasteiger partial charge in [0.25, 0.3) is 5.69 Å². The van der Waals surface area contributed by atoms with Crippen LogP contribution in [-0.2, 0) is 4.74 Å². The second-order valence-corrected chi connectivity index (χ2v) is 4.85. The van der Waals surface area contributed by atoms with Crippen LogP contribution in [0.25, 0.3) is 0 Å². The molecule has 0 aliphatic carbocycles. The Morgan fingerprint density at radius 1 is 1.28 bits per heavy atom. The lowest BCUT2D eigenvalue weighted by atomic mass is 10.2. The number of esters is 1. The number of rotatable bonds is 7. The number of carbonyl (C=O) groups is 1. The van der Waals surface area contributed by atoms with Crippen molar-refractivity contribution in [3.05, 3.63) is 63.7 Å². The van der Waals surface area contributed by atoms with Gasteiger partial charge in [0, 0.05) is 6.07 Å². The zero-order valence-electron chi connectivity index (χ0n) is 13.8. The minimum atomic E-state index is -0.612. The van der Waals surface area contributed by atoms with Crippen LogP contribution in [0, 0.1) is 10.1 Å². The average molecular weight is 343 g/mol. The van der Waals surface area contributed by atoms with Gasteiger partial charge in [0.05, 0.1) is 30.4 Å². The van der Waals surface area contributed by atoms with Crippen LogP contribution in [0.5, 0.6) is 5.75 Å². The highest BCUT2D eigenvalue weighted by Crippen LogP contribution is 2.26. The van der Waals surface area contributed by atoms with Crippen molar-refractivity contribution in [2.45, 2.75) is 6.92 Å². The van der Waals surface area contributed by atoms with Gasteiger partial charge in [0.15, 0.2) is 0 Å². The number of nitrogens with one attached hydrogen (secondary N) is 1. The molecular weight excluding hydrogens is 326 g/mol. The molecule has 0 radical (unpaired) electrons. The third-order valence-electron chi connectivity index (χ3n) is 3.22. The van der Waals surface area contributed by atoms with Crippen molar-refractivity contribution < 1.29 is 19.2 Å². The lowest BCUT2D eigenvalue weighted by Gasteiger charge is -2.05. The summed E-state index contributed by atoms with van der Waals surface area (Å²) in [5, 5.41) is 15.2. The number of nitrogens with zero attached hydrogens (tertiary/aromatic N) is 2. The number of hydrogen-bond donors (Lipinski definition) is 1. The number of benzene rings is 2. The monoisotopic (exact) mass is 343 g/mol. The maximum Gasteiger partial charge on any atom is 0.338 e. The molecule has 0 aromatic heterocycles. The van der Waals surface area contributed by atoms with E-state index < -0.39 is 10.9 Å². The Morgan fingerprint density at radius 3 is 2.60 bits per heavy atom. The molecule has 1 N–H and O–H groups in total. The summed E-state index contributed by atoms with van der Waals surface area (Å²) in [5.74, 6) is 0.106. The fraction of sp³-hybridized carbons (Fsp3) is 0.176. The first kappa shape index (κ1) is 17.9. The number of nitro benzene ring substituents is 1. The van der Waals surface area contributed by atoms with E-state index in [2.05, 4.69) is 10.5 Å². The van der Waals surface area contributed by atoms with Crippen molar-refractivity contribution in [1.29, 1.82) is 0 Å². The predicted molar refractivity (Wildman–Crippen MR) is 93.3 cm³/mol. The van der Waals surface area contributed by atoms with Crippen molar-refractivity contribution in [2.24, 2.45) is 5.10 Å². The summed E-state index contributed by atoms with van der Waals surface area (Å²) in [6, 6.07) is 11.1. The second kappa shape index (κ2) is 8.44. The first-order valence-electron chi connectivity index (χ1n) is 7.44. The quantitative estimate of drug-likeness (QED) is 0.358. The highest BCUT2D eigenvalue weighted by atomic mass is 16.6. The summed E-state index contributed by atoms with van der Waals surface area (Å²) in [6.45, 7) is 1.86. The van der Waals surface area contributed by atoms with Crippen LogP contribution in [0.1, 0.15) is 22.8 Å². The molecular formula is C17H17N3O5. The van der Waals surface area contributed by atoms with E-state index in [1.54, 1.807) is 38.3 Å². The van der Waals surface area contributed by atoms with Gasteiger partial charge >= 0.3 is 5.97 Å². The number of nitro groups is 1. The molecule has 130 valence electrons. The molecule has 8 nitrogen and oxygen atoms in total. The van der Waals surface area contributed by atoms with Crippen molar-refractivity contribution in [2.75, 3.05) is 19.1 Å². The molecule has 0 aliphatic rings. The fourth-order valence-electron chi connectivity index (χ4n) is 1.98. The summed E-state index contributed by atoms with van der Waals surface area (Å²) in [4.78, 5) is 22.3. The molecule has 0 aliphatic heterocycles. The Labute approximate surface area is 144 Å². The van der Waals surface area contributed by atoms with Crippen molar-refractivity contribution in [3.8, 4) is 5.75 Å². The molecule has 0 amide bonds. The van der Waals surface area contributed by atoms with Crippen LogP contribution in [0.15, 0.2) is 47.6 Å². The number of carbonyl (C=O) groups excluding carboxylic acids is 1. The highest BCUT2D eigenvalue weighted by molar-refractivity contribution is 5.91. The van der Waals surface area contributed by atoms with Crippen molar-refractivity contribution >= 4 is 23.6 Å². The first-order chi connectivity index (χ1) is 12.0. The Hall–Kier alpha value is -3.42. The summed E-state index contributed by atoms with van der Waals surface area (Å²) >= 11 is 0. The van der Waals surface area contributed by atoms with Crippen LogP contribution in [0.3, 0.4) is 0 Å². The molecule has 25 heavy (non-hydrogen) atoms. The minimum Gasteiger partial charge on any atom is -0.497 e. The Kier molecular flexibility index (Phi) is 6.05. The van der Waals surface area contributed by atoms with Crippen LogP contribution in [-0.4, -0.2) is 30.8 Å². The Bertz CT molecular complexity index is 787. The smallest absolute Gasteiger partial charge is 0.338 e. The molecule has 0 saturated heterocycles. The molecule has 2 aromatic rings. The Morgan fingerprint density at radius 2 is 2.00 bits per heavy atom. The number of ether oxygens (including phenoxy) is 2. The van der Waals surface area contributed by atoms with Gasteiger partial charge in [-0.3, -0.25) is 15.5 Å². The molecule has 0 bridgehead atoms. The predicted octanol–water partition coefficient (Wildman–Crippen LogP) is 3.23. The van der Waals surface area contributed by atoms with Crippen molar-refractivity contribution in [1.82, 2.24) is 0 Å². The number of hydrogen-bond acceptors (Lipinski definition) is 7. The minimum absolute atomic E-state index is 0.109. The molecule has 2 rings (SSSR count). The topological polar surface area (TPSA) is 103 Å². The summed E-state index contributed by atoms with van der Waals surface area (Å²) in [5.41, 5.74) is 3.42. The van der Waals surface area contributed by atoms with Gasteiger partial charge in [-0.15, -0.1) is 0 Å². The van der Waals surface area contributed by atoms with Gasteiger partial charge in [-0.25, -0.2) is 4.79 Å². The summed E-state index contributed by atoms with van der Waals surface area (Å²) in [7, 11) is 1.57. The number of methoxy groups -OCH3 is 1. The average Bonchev–Trinajstić information content (AvgIpc) is 2.62. The van der Waals surface area contributed by atoms with Gasteiger partial charge in [0.2, 0.25) is 0 Å². The van der Waals surface area contributed by atoms with Gasteiger partial charge in [-0.1, -0.05) is 0 Å². The van der Waals surface area contributed by atoms with Gasteiger partial charge < -0.3 is 9.47 Å². The molecule has 0 atom stereocenters. The van der Waals surface area contributed by atoms with Gasteiger partial charge in [0.1, 0.15) is 11.4 Å². The normalized spacial score (nSPS) is 10.5. The largest absolute Gasteiger partial charge is 0.497 e. The van der Waals surface area contributed by atoms with Crippen LogP contribution in [0.4, 0.5) is 11.4 Å². The van der Waals surface area contributed by atoms with Crippen molar-refractivity contribution in [3.63, 3.8) is 0 Å². The zero-order chi connectivity index (χ0) is 18.2. The van der Waals surface area contributed by atoms with E-state index >= 15 is 0 Å². The standard InChI is InChI=1S/C17H17N3O5/c1-3-25-17(21)13-6-9-15(16(10-13)20(22)23)19-18-11-12-4-7-14(24-2)8-5-12/h4-11,19H,3H2,1-2H3/b18-11-. The Balaban J connectivity index is 2.16. The van der Waals surface area contributed by atoms with E-state index in [1.807, 2.05) is 0 Å². The molecule has 0 unspecified atom stereocenters. The van der Waals surface area contributed by atoms with E-state index in [-0.39, 0.29) is 23.5 Å². The lowest BCUT2D eigenvalue weighted by Crippen LogP contribution is -2.06.